The van der Waals surface area contributed by atoms with Crippen LogP contribution in [0.3, 0.4) is 0 Å². The van der Waals surface area contributed by atoms with Gasteiger partial charge in [-0.2, -0.15) is 0 Å². The summed E-state index contributed by atoms with van der Waals surface area (Å²) in [6.45, 7) is 4.02. The Morgan fingerprint density at radius 1 is 1.37 bits per heavy atom. The average molecular weight is 410 g/mol. The highest BCUT2D eigenvalue weighted by Crippen LogP contribution is 2.25. The fraction of sp³-hybridized carbons (Fsp3) is 0.500. The maximum absolute atomic E-state index is 12.3. The number of amides is 1. The number of rotatable bonds is 7. The molecule has 1 amide bonds. The lowest BCUT2D eigenvalue weighted by atomic mass is 10.1. The van der Waals surface area contributed by atoms with Crippen LogP contribution in [0.5, 0.6) is 0 Å². The highest BCUT2D eigenvalue weighted by molar-refractivity contribution is 7.99. The van der Waals surface area contributed by atoms with E-state index in [2.05, 4.69) is 22.4 Å². The number of benzene rings is 1. The highest BCUT2D eigenvalue weighted by Gasteiger charge is 2.29. The molecule has 2 aromatic rings. The molecule has 1 aliphatic rings. The molecule has 3 rings (SSSR count). The molecular formula is C18H23N3O4S2. The van der Waals surface area contributed by atoms with Crippen LogP contribution in [0, 0.1) is 12.8 Å². The fourth-order valence-electron chi connectivity index (χ4n) is 3.16. The van der Waals surface area contributed by atoms with E-state index in [1.165, 1.54) is 11.8 Å². The Morgan fingerprint density at radius 3 is 2.89 bits per heavy atom. The van der Waals surface area contributed by atoms with Crippen molar-refractivity contribution >= 4 is 33.2 Å². The van der Waals surface area contributed by atoms with Crippen molar-refractivity contribution in [1.82, 2.24) is 10.2 Å². The predicted molar refractivity (Wildman–Crippen MR) is 105 cm³/mol. The maximum atomic E-state index is 12.3. The van der Waals surface area contributed by atoms with Crippen molar-refractivity contribution in [2.75, 3.05) is 22.6 Å². The zero-order valence-electron chi connectivity index (χ0n) is 15.4. The molecule has 1 N–H and O–H groups in total. The number of carbonyl (C=O) groups is 1. The minimum absolute atomic E-state index is 0.0325. The molecule has 1 atom stereocenters. The van der Waals surface area contributed by atoms with E-state index in [1.54, 1.807) is 0 Å². The summed E-state index contributed by atoms with van der Waals surface area (Å²) in [6.07, 6.45) is 1.93. The van der Waals surface area contributed by atoms with Gasteiger partial charge in [0.15, 0.2) is 9.84 Å². The summed E-state index contributed by atoms with van der Waals surface area (Å²) < 4.78 is 28.6. The third-order valence-electron chi connectivity index (χ3n) is 4.57. The van der Waals surface area contributed by atoms with E-state index in [4.69, 9.17) is 4.42 Å². The van der Waals surface area contributed by atoms with Crippen LogP contribution in [0.2, 0.25) is 0 Å². The van der Waals surface area contributed by atoms with Crippen LogP contribution in [-0.4, -0.2) is 41.8 Å². The molecule has 1 aromatic heterocycles. The second kappa shape index (κ2) is 8.43. The third-order valence-corrected chi connectivity index (χ3v) is 7.22. The number of hydrogen-bond donors (Lipinski definition) is 1. The van der Waals surface area contributed by atoms with Crippen LogP contribution in [0.1, 0.15) is 30.4 Å². The normalized spacial score (nSPS) is 18.5. The molecule has 9 heteroatoms. The smallest absolute Gasteiger partial charge is 0.277 e. The van der Waals surface area contributed by atoms with Gasteiger partial charge in [-0.05, 0) is 36.8 Å². The zero-order valence-corrected chi connectivity index (χ0v) is 17.0. The van der Waals surface area contributed by atoms with Gasteiger partial charge in [-0.25, -0.2) is 8.42 Å². The Morgan fingerprint density at radius 2 is 2.19 bits per heavy atom. The van der Waals surface area contributed by atoms with Crippen molar-refractivity contribution in [1.29, 1.82) is 0 Å². The Balaban J connectivity index is 1.52. The molecular weight excluding hydrogens is 386 g/mol. The molecule has 1 aromatic carbocycles. The van der Waals surface area contributed by atoms with Gasteiger partial charge in [0.1, 0.15) is 0 Å². The van der Waals surface area contributed by atoms with E-state index in [9.17, 15) is 13.2 Å². The van der Waals surface area contributed by atoms with Gasteiger partial charge in [0.25, 0.3) is 5.22 Å². The van der Waals surface area contributed by atoms with Crippen molar-refractivity contribution in [2.24, 2.45) is 5.92 Å². The number of anilines is 1. The molecule has 2 heterocycles. The summed E-state index contributed by atoms with van der Waals surface area (Å²) in [5.41, 5.74) is 2.98. The molecule has 0 bridgehead atoms. The van der Waals surface area contributed by atoms with Crippen molar-refractivity contribution in [2.45, 2.75) is 38.3 Å². The number of carbonyl (C=O) groups excluding carboxylic acids is 1. The quantitative estimate of drug-likeness (QED) is 0.701. The van der Waals surface area contributed by atoms with Gasteiger partial charge in [-0.1, -0.05) is 36.9 Å². The first-order valence-electron chi connectivity index (χ1n) is 8.90. The first-order valence-corrected chi connectivity index (χ1v) is 11.7. The molecule has 0 aliphatic carbocycles. The maximum Gasteiger partial charge on any atom is 0.277 e. The van der Waals surface area contributed by atoms with E-state index < -0.39 is 9.84 Å². The Bertz CT molecular complexity index is 924. The monoisotopic (exact) mass is 409 g/mol. The highest BCUT2D eigenvalue weighted by atomic mass is 32.2. The minimum Gasteiger partial charge on any atom is -0.416 e. The average Bonchev–Trinajstić information content (AvgIpc) is 3.21. The summed E-state index contributed by atoms with van der Waals surface area (Å²) in [5, 5.41) is 11.2. The molecule has 0 saturated carbocycles. The van der Waals surface area contributed by atoms with Crippen LogP contribution in [0.25, 0.3) is 0 Å². The van der Waals surface area contributed by atoms with E-state index in [0.29, 0.717) is 24.0 Å². The largest absolute Gasteiger partial charge is 0.416 e. The SMILES string of the molecule is CCc1cccc(C)c1NC(=O)CSc1nnc(C[C@H]2CCS(=O)(=O)C2)o1. The summed E-state index contributed by atoms with van der Waals surface area (Å²) in [6, 6.07) is 5.95. The van der Waals surface area contributed by atoms with Gasteiger partial charge in [-0.15, -0.1) is 10.2 Å². The van der Waals surface area contributed by atoms with Crippen LogP contribution in [0.4, 0.5) is 5.69 Å². The number of nitrogens with one attached hydrogen (secondary N) is 1. The predicted octanol–water partition coefficient (Wildman–Crippen LogP) is 2.65. The first-order chi connectivity index (χ1) is 12.9. The summed E-state index contributed by atoms with van der Waals surface area (Å²) in [7, 11) is -2.92. The van der Waals surface area contributed by atoms with Crippen molar-refractivity contribution < 1.29 is 17.6 Å². The van der Waals surface area contributed by atoms with Gasteiger partial charge < -0.3 is 9.73 Å². The van der Waals surface area contributed by atoms with Crippen LogP contribution in [0.15, 0.2) is 27.8 Å². The third kappa shape index (κ3) is 5.32. The topological polar surface area (TPSA) is 102 Å². The van der Waals surface area contributed by atoms with Gasteiger partial charge in [-0.3, -0.25) is 4.79 Å². The number of aromatic nitrogens is 2. The Labute approximate surface area is 163 Å². The molecule has 27 heavy (non-hydrogen) atoms. The fourth-order valence-corrected chi connectivity index (χ4v) is 5.61. The van der Waals surface area contributed by atoms with E-state index in [1.807, 2.05) is 25.1 Å². The number of para-hydroxylation sites is 1. The summed E-state index contributed by atoms with van der Waals surface area (Å²) >= 11 is 1.18. The van der Waals surface area contributed by atoms with Gasteiger partial charge in [0, 0.05) is 12.1 Å². The van der Waals surface area contributed by atoms with Gasteiger partial charge in [0.2, 0.25) is 11.8 Å². The lowest BCUT2D eigenvalue weighted by molar-refractivity contribution is -0.113. The van der Waals surface area contributed by atoms with E-state index in [0.717, 1.165) is 23.2 Å². The van der Waals surface area contributed by atoms with Crippen molar-refractivity contribution in [3.05, 3.63) is 35.2 Å². The zero-order chi connectivity index (χ0) is 19.4. The molecule has 7 nitrogen and oxygen atoms in total. The summed E-state index contributed by atoms with van der Waals surface area (Å²) in [4.78, 5) is 12.3. The number of nitrogens with zero attached hydrogens (tertiary/aromatic N) is 2. The standard InChI is InChI=1S/C18H23N3O4S2/c1-3-14-6-4-5-12(2)17(14)19-15(22)10-26-18-21-20-16(25-18)9-13-7-8-27(23,24)11-13/h4-6,13H,3,7-11H2,1-2H3,(H,19,22)/t13-/m1/s1. The summed E-state index contributed by atoms with van der Waals surface area (Å²) in [5.74, 6) is 0.891. The molecule has 146 valence electrons. The number of sulfone groups is 1. The van der Waals surface area contributed by atoms with Crippen molar-refractivity contribution in [3.63, 3.8) is 0 Å². The van der Waals surface area contributed by atoms with Crippen LogP contribution in [-0.2, 0) is 27.5 Å². The first kappa shape index (κ1) is 19.9. The molecule has 0 unspecified atom stereocenters. The Hall–Kier alpha value is -1.87. The molecule has 0 radical (unpaired) electrons. The minimum atomic E-state index is -2.92. The van der Waals surface area contributed by atoms with Crippen LogP contribution < -0.4 is 5.32 Å². The number of aryl methyl sites for hydroxylation is 2. The molecule has 1 saturated heterocycles. The van der Waals surface area contributed by atoms with Gasteiger partial charge >= 0.3 is 0 Å². The molecule has 1 aliphatic heterocycles. The second-order valence-corrected chi connectivity index (χ2v) is 9.89. The van der Waals surface area contributed by atoms with Crippen molar-refractivity contribution in [3.8, 4) is 0 Å². The van der Waals surface area contributed by atoms with E-state index >= 15 is 0 Å². The second-order valence-electron chi connectivity index (χ2n) is 6.73. The van der Waals surface area contributed by atoms with E-state index in [-0.39, 0.29) is 29.1 Å². The molecule has 1 fully saturated rings. The van der Waals surface area contributed by atoms with Crippen LogP contribution >= 0.6 is 11.8 Å². The lowest BCUT2D eigenvalue weighted by Crippen LogP contribution is -2.16. The number of hydrogen-bond acceptors (Lipinski definition) is 7. The Kier molecular flexibility index (Phi) is 6.21. The number of thioether (sulfide) groups is 1. The molecule has 0 spiro atoms. The van der Waals surface area contributed by atoms with Gasteiger partial charge in [0.05, 0.1) is 17.3 Å². The lowest BCUT2D eigenvalue weighted by Gasteiger charge is -2.12.